The van der Waals surface area contributed by atoms with Crippen LogP contribution in [-0.2, 0) is 4.79 Å². The van der Waals surface area contributed by atoms with Crippen LogP contribution in [0.5, 0.6) is 0 Å². The van der Waals surface area contributed by atoms with E-state index in [9.17, 15) is 4.79 Å². The Balaban J connectivity index is 2.29. The summed E-state index contributed by atoms with van der Waals surface area (Å²) in [6.07, 6.45) is 5.59. The summed E-state index contributed by atoms with van der Waals surface area (Å²) in [5.41, 5.74) is 11.4. The van der Waals surface area contributed by atoms with Crippen molar-refractivity contribution in [2.75, 3.05) is 19.6 Å². The van der Waals surface area contributed by atoms with E-state index in [0.717, 1.165) is 32.5 Å². The second-order valence-corrected chi connectivity index (χ2v) is 6.85. The van der Waals surface area contributed by atoms with Gasteiger partial charge in [0.05, 0.1) is 5.92 Å². The summed E-state index contributed by atoms with van der Waals surface area (Å²) in [4.78, 5) is 13.7. The molecular formula is C15H31N3O. The Bertz CT molecular complexity index is 291. The summed E-state index contributed by atoms with van der Waals surface area (Å²) in [5.74, 6) is -0.0853. The molecule has 4 heteroatoms. The third-order valence-electron chi connectivity index (χ3n) is 4.51. The number of piperidine rings is 1. The molecule has 1 rings (SSSR count). The van der Waals surface area contributed by atoms with Gasteiger partial charge in [-0.1, -0.05) is 20.3 Å². The number of unbranched alkanes of at least 4 members (excludes halogenated alkanes) is 1. The summed E-state index contributed by atoms with van der Waals surface area (Å²) in [6.45, 7) is 9.36. The van der Waals surface area contributed by atoms with Gasteiger partial charge >= 0.3 is 0 Å². The number of amides is 1. The van der Waals surface area contributed by atoms with Crippen molar-refractivity contribution < 1.29 is 4.79 Å². The zero-order valence-corrected chi connectivity index (χ0v) is 12.8. The molecule has 0 aromatic rings. The SMILES string of the molecule is CC1CCC(C(N)=O)CN1CCCCC(C)(C)CN. The molecule has 2 atom stereocenters. The molecule has 1 saturated heterocycles. The fourth-order valence-corrected chi connectivity index (χ4v) is 2.74. The van der Waals surface area contributed by atoms with Gasteiger partial charge in [0, 0.05) is 12.6 Å². The molecule has 0 radical (unpaired) electrons. The van der Waals surface area contributed by atoms with Crippen LogP contribution in [0.3, 0.4) is 0 Å². The van der Waals surface area contributed by atoms with Crippen molar-refractivity contribution >= 4 is 5.91 Å². The Hall–Kier alpha value is -0.610. The maximum Gasteiger partial charge on any atom is 0.221 e. The average molecular weight is 269 g/mol. The van der Waals surface area contributed by atoms with Crippen LogP contribution in [0.2, 0.25) is 0 Å². The van der Waals surface area contributed by atoms with Crippen molar-refractivity contribution in [2.24, 2.45) is 22.8 Å². The van der Waals surface area contributed by atoms with Crippen LogP contribution in [0.25, 0.3) is 0 Å². The van der Waals surface area contributed by atoms with Gasteiger partial charge in [-0.3, -0.25) is 9.69 Å². The quantitative estimate of drug-likeness (QED) is 0.691. The van der Waals surface area contributed by atoms with E-state index in [2.05, 4.69) is 25.7 Å². The smallest absolute Gasteiger partial charge is 0.221 e. The molecule has 1 amide bonds. The van der Waals surface area contributed by atoms with Gasteiger partial charge in [0.25, 0.3) is 0 Å². The molecule has 1 aliphatic heterocycles. The van der Waals surface area contributed by atoms with Crippen molar-refractivity contribution in [3.63, 3.8) is 0 Å². The standard InChI is InChI=1S/C15H31N3O/c1-12-6-7-13(14(17)19)10-18(12)9-5-4-8-15(2,3)11-16/h12-13H,4-11,16H2,1-3H3,(H2,17,19). The highest BCUT2D eigenvalue weighted by atomic mass is 16.1. The second kappa shape index (κ2) is 7.25. The first-order chi connectivity index (χ1) is 8.85. The van der Waals surface area contributed by atoms with E-state index in [1.165, 1.54) is 19.3 Å². The highest BCUT2D eigenvalue weighted by molar-refractivity contribution is 5.76. The fourth-order valence-electron chi connectivity index (χ4n) is 2.74. The molecule has 0 aromatic heterocycles. The molecule has 19 heavy (non-hydrogen) atoms. The van der Waals surface area contributed by atoms with Crippen LogP contribution in [0.15, 0.2) is 0 Å². The van der Waals surface area contributed by atoms with Gasteiger partial charge in [0.1, 0.15) is 0 Å². The molecule has 0 aromatic carbocycles. The topological polar surface area (TPSA) is 72.4 Å². The lowest BCUT2D eigenvalue weighted by molar-refractivity contribution is -0.123. The van der Waals surface area contributed by atoms with Crippen molar-refractivity contribution in [2.45, 2.75) is 58.9 Å². The zero-order valence-electron chi connectivity index (χ0n) is 12.8. The Morgan fingerprint density at radius 1 is 1.32 bits per heavy atom. The molecule has 4 N–H and O–H groups in total. The van der Waals surface area contributed by atoms with E-state index in [0.29, 0.717) is 6.04 Å². The van der Waals surface area contributed by atoms with Gasteiger partial charge in [-0.2, -0.15) is 0 Å². The molecule has 1 aliphatic rings. The third kappa shape index (κ3) is 5.49. The van der Waals surface area contributed by atoms with Crippen molar-refractivity contribution in [1.29, 1.82) is 0 Å². The maximum atomic E-state index is 11.3. The first-order valence-corrected chi connectivity index (χ1v) is 7.59. The maximum absolute atomic E-state index is 11.3. The number of nitrogens with zero attached hydrogens (tertiary/aromatic N) is 1. The summed E-state index contributed by atoms with van der Waals surface area (Å²) in [6, 6.07) is 0.582. The average Bonchev–Trinajstić information content (AvgIpc) is 2.36. The normalized spacial score (nSPS) is 25.5. The largest absolute Gasteiger partial charge is 0.369 e. The number of nitrogens with two attached hydrogens (primary N) is 2. The van der Waals surface area contributed by atoms with Gasteiger partial charge in [-0.25, -0.2) is 0 Å². The number of hydrogen-bond donors (Lipinski definition) is 2. The van der Waals surface area contributed by atoms with Crippen LogP contribution < -0.4 is 11.5 Å². The van der Waals surface area contributed by atoms with E-state index in [1.807, 2.05) is 0 Å². The highest BCUT2D eigenvalue weighted by Crippen LogP contribution is 2.24. The molecule has 0 aliphatic carbocycles. The van der Waals surface area contributed by atoms with Gasteiger partial charge in [0.2, 0.25) is 5.91 Å². The molecule has 4 nitrogen and oxygen atoms in total. The molecule has 1 fully saturated rings. The Morgan fingerprint density at radius 3 is 2.58 bits per heavy atom. The molecular weight excluding hydrogens is 238 g/mol. The van der Waals surface area contributed by atoms with Gasteiger partial charge < -0.3 is 11.5 Å². The lowest BCUT2D eigenvalue weighted by Gasteiger charge is -2.37. The van der Waals surface area contributed by atoms with Crippen molar-refractivity contribution in [3.8, 4) is 0 Å². The molecule has 112 valence electrons. The van der Waals surface area contributed by atoms with E-state index in [1.54, 1.807) is 0 Å². The highest BCUT2D eigenvalue weighted by Gasteiger charge is 2.28. The lowest BCUT2D eigenvalue weighted by Crippen LogP contribution is -2.46. The van der Waals surface area contributed by atoms with E-state index in [4.69, 9.17) is 11.5 Å². The number of carbonyl (C=O) groups is 1. The number of rotatable bonds is 7. The predicted molar refractivity (Wildman–Crippen MR) is 79.6 cm³/mol. The van der Waals surface area contributed by atoms with Crippen molar-refractivity contribution in [3.05, 3.63) is 0 Å². The first-order valence-electron chi connectivity index (χ1n) is 7.59. The summed E-state index contributed by atoms with van der Waals surface area (Å²) in [7, 11) is 0. The first kappa shape index (κ1) is 16.4. The number of likely N-dealkylation sites (tertiary alicyclic amines) is 1. The summed E-state index contributed by atoms with van der Waals surface area (Å²) >= 11 is 0. The molecule has 2 unspecified atom stereocenters. The van der Waals surface area contributed by atoms with Crippen LogP contribution in [-0.4, -0.2) is 36.5 Å². The zero-order chi connectivity index (χ0) is 14.5. The Morgan fingerprint density at radius 2 is 2.00 bits per heavy atom. The third-order valence-corrected chi connectivity index (χ3v) is 4.51. The molecule has 0 bridgehead atoms. The van der Waals surface area contributed by atoms with Gasteiger partial charge in [0.15, 0.2) is 0 Å². The number of carbonyl (C=O) groups excluding carboxylic acids is 1. The van der Waals surface area contributed by atoms with Crippen LogP contribution in [0, 0.1) is 11.3 Å². The molecule has 0 spiro atoms. The Labute approximate surface area is 117 Å². The number of hydrogen-bond acceptors (Lipinski definition) is 3. The fraction of sp³-hybridized carbons (Fsp3) is 0.933. The van der Waals surface area contributed by atoms with Crippen LogP contribution in [0.1, 0.15) is 52.9 Å². The minimum Gasteiger partial charge on any atom is -0.369 e. The van der Waals surface area contributed by atoms with Crippen LogP contribution in [0.4, 0.5) is 0 Å². The number of primary amides is 1. The molecule has 0 saturated carbocycles. The minimum absolute atomic E-state index is 0.0525. The predicted octanol–water partition coefficient (Wildman–Crippen LogP) is 1.73. The van der Waals surface area contributed by atoms with Crippen molar-refractivity contribution in [1.82, 2.24) is 4.90 Å². The van der Waals surface area contributed by atoms with E-state index >= 15 is 0 Å². The van der Waals surface area contributed by atoms with Gasteiger partial charge in [-0.05, 0) is 51.1 Å². The van der Waals surface area contributed by atoms with Crippen LogP contribution >= 0.6 is 0 Å². The van der Waals surface area contributed by atoms with E-state index < -0.39 is 0 Å². The molecule has 1 heterocycles. The lowest BCUT2D eigenvalue weighted by atomic mass is 9.87. The Kier molecular flexibility index (Phi) is 6.27. The van der Waals surface area contributed by atoms with E-state index in [-0.39, 0.29) is 17.2 Å². The summed E-state index contributed by atoms with van der Waals surface area (Å²) < 4.78 is 0. The summed E-state index contributed by atoms with van der Waals surface area (Å²) in [5, 5.41) is 0. The van der Waals surface area contributed by atoms with Gasteiger partial charge in [-0.15, -0.1) is 0 Å². The minimum atomic E-state index is -0.138. The monoisotopic (exact) mass is 269 g/mol. The second-order valence-electron chi connectivity index (χ2n) is 6.85.